The van der Waals surface area contributed by atoms with Gasteiger partial charge in [0.1, 0.15) is 5.82 Å². The third kappa shape index (κ3) is 2.71. The summed E-state index contributed by atoms with van der Waals surface area (Å²) in [5, 5.41) is 0. The minimum absolute atomic E-state index is 0.0294. The Kier molecular flexibility index (Phi) is 3.76. The second-order valence-electron chi connectivity index (χ2n) is 5.09. The van der Waals surface area contributed by atoms with Crippen LogP contribution in [0.4, 0.5) is 4.39 Å². The first-order chi connectivity index (χ1) is 9.74. The lowest BCUT2D eigenvalue weighted by Crippen LogP contribution is -2.21. The van der Waals surface area contributed by atoms with E-state index in [4.69, 9.17) is 10.5 Å². The van der Waals surface area contributed by atoms with Gasteiger partial charge >= 0.3 is 0 Å². The monoisotopic (exact) mass is 272 g/mol. The third-order valence-corrected chi connectivity index (χ3v) is 3.71. The van der Waals surface area contributed by atoms with E-state index in [1.54, 1.807) is 6.20 Å². The van der Waals surface area contributed by atoms with Crippen LogP contribution in [0.3, 0.4) is 0 Å². The molecule has 3 nitrogen and oxygen atoms in total. The summed E-state index contributed by atoms with van der Waals surface area (Å²) in [6, 6.07) is 9.41. The largest absolute Gasteiger partial charge is 0.373 e. The highest BCUT2D eigenvalue weighted by Crippen LogP contribution is 2.33. The number of fused-ring (bicyclic) bond motifs is 1. The molecule has 0 saturated carbocycles. The molecule has 2 unspecified atom stereocenters. The summed E-state index contributed by atoms with van der Waals surface area (Å²) < 4.78 is 19.0. The molecule has 2 atom stereocenters. The fourth-order valence-corrected chi connectivity index (χ4v) is 2.67. The number of nitrogens with zero attached hydrogens (tertiary/aromatic N) is 1. The maximum atomic E-state index is 13.2. The first-order valence-corrected chi connectivity index (χ1v) is 6.79. The Morgan fingerprint density at radius 1 is 1.35 bits per heavy atom. The van der Waals surface area contributed by atoms with Gasteiger partial charge in [-0.1, -0.05) is 24.3 Å². The Morgan fingerprint density at radius 3 is 3.05 bits per heavy atom. The van der Waals surface area contributed by atoms with Crippen molar-refractivity contribution in [1.29, 1.82) is 0 Å². The van der Waals surface area contributed by atoms with Crippen molar-refractivity contribution in [2.75, 3.05) is 6.61 Å². The smallest absolute Gasteiger partial charge is 0.141 e. The molecular weight excluding hydrogens is 255 g/mol. The van der Waals surface area contributed by atoms with Gasteiger partial charge in [-0.15, -0.1) is 0 Å². The molecule has 1 aromatic heterocycles. The van der Waals surface area contributed by atoms with Gasteiger partial charge < -0.3 is 10.5 Å². The summed E-state index contributed by atoms with van der Waals surface area (Å²) in [6.07, 6.45) is 4.33. The van der Waals surface area contributed by atoms with Crippen LogP contribution < -0.4 is 5.73 Å². The standard InChI is InChI=1S/C16H17FN2O/c17-13-7-12(9-19-10-13)15(18)8-16-14-4-2-1-3-11(14)5-6-20-16/h1-4,7,9-10,15-16H,5-6,8,18H2. The fraction of sp³-hybridized carbons (Fsp3) is 0.312. The van der Waals surface area contributed by atoms with Crippen molar-refractivity contribution in [3.05, 3.63) is 65.2 Å². The van der Waals surface area contributed by atoms with Crippen LogP contribution in [0.5, 0.6) is 0 Å². The van der Waals surface area contributed by atoms with Gasteiger partial charge in [0.2, 0.25) is 0 Å². The van der Waals surface area contributed by atoms with E-state index in [0.29, 0.717) is 18.6 Å². The molecule has 2 N–H and O–H groups in total. The van der Waals surface area contributed by atoms with Gasteiger partial charge in [-0.2, -0.15) is 0 Å². The summed E-state index contributed by atoms with van der Waals surface area (Å²) in [7, 11) is 0. The summed E-state index contributed by atoms with van der Waals surface area (Å²) in [4.78, 5) is 3.85. The molecule has 0 amide bonds. The average molecular weight is 272 g/mol. The topological polar surface area (TPSA) is 48.1 Å². The zero-order valence-electron chi connectivity index (χ0n) is 11.1. The minimum atomic E-state index is -0.358. The molecule has 4 heteroatoms. The van der Waals surface area contributed by atoms with Crippen LogP contribution in [0.2, 0.25) is 0 Å². The average Bonchev–Trinajstić information content (AvgIpc) is 2.47. The molecule has 20 heavy (non-hydrogen) atoms. The lowest BCUT2D eigenvalue weighted by atomic mass is 9.92. The number of aromatic nitrogens is 1. The number of nitrogens with two attached hydrogens (primary N) is 1. The van der Waals surface area contributed by atoms with Crippen LogP contribution in [-0.4, -0.2) is 11.6 Å². The lowest BCUT2D eigenvalue weighted by molar-refractivity contribution is 0.0319. The zero-order valence-corrected chi connectivity index (χ0v) is 11.1. The Balaban J connectivity index is 1.79. The number of benzene rings is 1. The van der Waals surface area contributed by atoms with Crippen molar-refractivity contribution < 1.29 is 9.13 Å². The number of pyridine rings is 1. The van der Waals surface area contributed by atoms with Gasteiger partial charge in [0, 0.05) is 12.2 Å². The molecule has 2 aromatic rings. The van der Waals surface area contributed by atoms with E-state index < -0.39 is 0 Å². The SMILES string of the molecule is NC(CC1OCCc2ccccc21)c1cncc(F)c1. The Bertz CT molecular complexity index is 603. The van der Waals surface area contributed by atoms with Gasteiger partial charge in [-0.25, -0.2) is 4.39 Å². The van der Waals surface area contributed by atoms with Crippen molar-refractivity contribution in [1.82, 2.24) is 4.98 Å². The summed E-state index contributed by atoms with van der Waals surface area (Å²) in [6.45, 7) is 0.704. The summed E-state index contributed by atoms with van der Waals surface area (Å²) in [5.41, 5.74) is 9.38. The molecule has 2 heterocycles. The molecule has 1 aliphatic heterocycles. The highest BCUT2D eigenvalue weighted by Gasteiger charge is 2.23. The Hall–Kier alpha value is -1.78. The highest BCUT2D eigenvalue weighted by atomic mass is 19.1. The van der Waals surface area contributed by atoms with Crippen molar-refractivity contribution in [3.63, 3.8) is 0 Å². The van der Waals surface area contributed by atoms with E-state index in [2.05, 4.69) is 17.1 Å². The molecular formula is C16H17FN2O. The first-order valence-electron chi connectivity index (χ1n) is 6.79. The van der Waals surface area contributed by atoms with E-state index in [1.165, 1.54) is 23.4 Å². The fourth-order valence-electron chi connectivity index (χ4n) is 2.67. The van der Waals surface area contributed by atoms with Gasteiger partial charge in [0.25, 0.3) is 0 Å². The number of hydrogen-bond donors (Lipinski definition) is 1. The van der Waals surface area contributed by atoms with E-state index in [9.17, 15) is 4.39 Å². The number of rotatable bonds is 3. The molecule has 0 aliphatic carbocycles. The van der Waals surface area contributed by atoms with Crippen LogP contribution >= 0.6 is 0 Å². The maximum Gasteiger partial charge on any atom is 0.141 e. The minimum Gasteiger partial charge on any atom is -0.373 e. The van der Waals surface area contributed by atoms with Crippen molar-refractivity contribution >= 4 is 0 Å². The lowest BCUT2D eigenvalue weighted by Gasteiger charge is -2.28. The van der Waals surface area contributed by atoms with Crippen LogP contribution in [0, 0.1) is 5.82 Å². The molecule has 0 saturated heterocycles. The maximum absolute atomic E-state index is 13.2. The van der Waals surface area contributed by atoms with Crippen molar-refractivity contribution in [3.8, 4) is 0 Å². The van der Waals surface area contributed by atoms with Crippen LogP contribution in [0.15, 0.2) is 42.7 Å². The van der Waals surface area contributed by atoms with Gasteiger partial charge in [-0.05, 0) is 35.6 Å². The van der Waals surface area contributed by atoms with E-state index in [1.807, 2.05) is 12.1 Å². The van der Waals surface area contributed by atoms with E-state index in [-0.39, 0.29) is 18.0 Å². The van der Waals surface area contributed by atoms with Gasteiger partial charge in [-0.3, -0.25) is 4.98 Å². The number of halogens is 1. The normalized spacial score (nSPS) is 19.4. The molecule has 0 bridgehead atoms. The summed E-state index contributed by atoms with van der Waals surface area (Å²) in [5.74, 6) is -0.358. The molecule has 0 fully saturated rings. The number of hydrogen-bond acceptors (Lipinski definition) is 3. The molecule has 0 radical (unpaired) electrons. The predicted molar refractivity (Wildman–Crippen MR) is 74.6 cm³/mol. The molecule has 3 rings (SSSR count). The van der Waals surface area contributed by atoms with Crippen LogP contribution in [-0.2, 0) is 11.2 Å². The molecule has 0 spiro atoms. The quantitative estimate of drug-likeness (QED) is 0.934. The molecule has 1 aliphatic rings. The third-order valence-electron chi connectivity index (χ3n) is 3.71. The predicted octanol–water partition coefficient (Wildman–Crippen LogP) is 2.92. The highest BCUT2D eigenvalue weighted by molar-refractivity contribution is 5.31. The van der Waals surface area contributed by atoms with Gasteiger partial charge in [0.15, 0.2) is 0 Å². The van der Waals surface area contributed by atoms with E-state index >= 15 is 0 Å². The zero-order chi connectivity index (χ0) is 13.9. The van der Waals surface area contributed by atoms with Crippen LogP contribution in [0.1, 0.15) is 35.3 Å². The van der Waals surface area contributed by atoms with Gasteiger partial charge in [0.05, 0.1) is 18.9 Å². The second-order valence-corrected chi connectivity index (χ2v) is 5.09. The molecule has 1 aromatic carbocycles. The first kappa shape index (κ1) is 13.2. The Morgan fingerprint density at radius 2 is 2.20 bits per heavy atom. The van der Waals surface area contributed by atoms with Crippen molar-refractivity contribution in [2.45, 2.75) is 25.0 Å². The van der Waals surface area contributed by atoms with Crippen LogP contribution in [0.25, 0.3) is 0 Å². The number of ether oxygens (including phenoxy) is 1. The molecule has 104 valence electrons. The van der Waals surface area contributed by atoms with E-state index in [0.717, 1.165) is 6.42 Å². The Labute approximate surface area is 117 Å². The van der Waals surface area contributed by atoms with Crippen molar-refractivity contribution in [2.24, 2.45) is 5.73 Å². The summed E-state index contributed by atoms with van der Waals surface area (Å²) >= 11 is 0. The second kappa shape index (κ2) is 5.69.